The van der Waals surface area contributed by atoms with Gasteiger partial charge in [0.05, 0.1) is 29.6 Å². The van der Waals surface area contributed by atoms with Gasteiger partial charge in [0, 0.05) is 19.2 Å². The number of hydrogen-bond donors (Lipinski definition) is 1. The summed E-state index contributed by atoms with van der Waals surface area (Å²) in [6.07, 6.45) is 2.99. The summed E-state index contributed by atoms with van der Waals surface area (Å²) in [6.45, 7) is 0.224. The number of piperidine rings is 1. The predicted octanol–water partition coefficient (Wildman–Crippen LogP) is 2.67. The van der Waals surface area contributed by atoms with Gasteiger partial charge in [-0.1, -0.05) is 0 Å². The molecule has 1 fully saturated rings. The standard InChI is InChI=1S/C24H20F3N5O3/c25-15-1-4-17(5-2-15)32-21-19(12-29-32)23(34)31(14-28-21)13-24(35)7-9-30(10-8-24)22(33)18-6-3-16(26)11-20(18)27/h1-6,11-12,14,35H,7-10,13H2. The van der Waals surface area contributed by atoms with Gasteiger partial charge in [-0.05, 0) is 49.2 Å². The molecule has 1 aliphatic rings. The minimum Gasteiger partial charge on any atom is -0.388 e. The minimum absolute atomic E-state index is 0.0521. The highest BCUT2D eigenvalue weighted by Gasteiger charge is 2.35. The molecule has 0 bridgehead atoms. The number of halogens is 3. The predicted molar refractivity (Wildman–Crippen MR) is 120 cm³/mol. The van der Waals surface area contributed by atoms with Gasteiger partial charge in [0.15, 0.2) is 5.65 Å². The molecule has 0 atom stereocenters. The Hall–Kier alpha value is -3.99. The second kappa shape index (κ2) is 8.66. The maximum Gasteiger partial charge on any atom is 0.264 e. The summed E-state index contributed by atoms with van der Waals surface area (Å²) in [4.78, 5) is 31.4. The zero-order valence-corrected chi connectivity index (χ0v) is 18.4. The fourth-order valence-corrected chi connectivity index (χ4v) is 4.27. The molecule has 1 amide bonds. The Balaban J connectivity index is 1.32. The van der Waals surface area contributed by atoms with E-state index in [0.717, 1.165) is 12.1 Å². The molecular weight excluding hydrogens is 463 g/mol. The minimum atomic E-state index is -1.29. The molecule has 35 heavy (non-hydrogen) atoms. The summed E-state index contributed by atoms with van der Waals surface area (Å²) < 4.78 is 43.1. The number of amides is 1. The lowest BCUT2D eigenvalue weighted by atomic mass is 9.91. The van der Waals surface area contributed by atoms with Gasteiger partial charge in [-0.15, -0.1) is 0 Å². The first-order valence-corrected chi connectivity index (χ1v) is 10.9. The summed E-state index contributed by atoms with van der Waals surface area (Å²) in [5, 5.41) is 15.5. The molecule has 0 aliphatic carbocycles. The Morgan fingerprint density at radius 3 is 2.40 bits per heavy atom. The van der Waals surface area contributed by atoms with E-state index in [1.807, 2.05) is 0 Å². The number of aliphatic hydroxyl groups is 1. The van der Waals surface area contributed by atoms with Gasteiger partial charge in [0.1, 0.15) is 29.2 Å². The second-order valence-electron chi connectivity index (χ2n) is 8.59. The largest absolute Gasteiger partial charge is 0.388 e. The number of benzene rings is 2. The number of likely N-dealkylation sites (tertiary alicyclic amines) is 1. The van der Waals surface area contributed by atoms with Crippen molar-refractivity contribution in [3.05, 3.63) is 88.4 Å². The first-order chi connectivity index (χ1) is 16.7. The number of aromatic nitrogens is 4. The molecule has 5 rings (SSSR count). The summed E-state index contributed by atoms with van der Waals surface area (Å²) in [5.74, 6) is -2.70. The molecule has 0 saturated carbocycles. The van der Waals surface area contributed by atoms with Gasteiger partial charge in [0.25, 0.3) is 11.5 Å². The van der Waals surface area contributed by atoms with E-state index >= 15 is 0 Å². The molecule has 1 N–H and O–H groups in total. The third kappa shape index (κ3) is 4.30. The van der Waals surface area contributed by atoms with E-state index < -0.39 is 34.5 Å². The molecule has 1 saturated heterocycles. The fourth-order valence-electron chi connectivity index (χ4n) is 4.27. The van der Waals surface area contributed by atoms with Crippen LogP contribution in [-0.2, 0) is 6.54 Å². The number of nitrogens with zero attached hydrogens (tertiary/aromatic N) is 5. The van der Waals surface area contributed by atoms with Crippen molar-refractivity contribution >= 4 is 16.9 Å². The number of carbonyl (C=O) groups excluding carboxylic acids is 1. The molecule has 0 radical (unpaired) electrons. The normalized spacial score (nSPS) is 15.5. The maximum absolute atomic E-state index is 14.0. The van der Waals surface area contributed by atoms with Crippen LogP contribution in [0.15, 0.2) is 59.8 Å². The third-order valence-corrected chi connectivity index (χ3v) is 6.23. The van der Waals surface area contributed by atoms with Crippen LogP contribution in [0.1, 0.15) is 23.2 Å². The fraction of sp³-hybridized carbons (Fsp3) is 0.250. The van der Waals surface area contributed by atoms with Gasteiger partial charge in [0.2, 0.25) is 0 Å². The number of fused-ring (bicyclic) bond motifs is 1. The molecule has 11 heteroatoms. The van der Waals surface area contributed by atoms with E-state index in [1.165, 1.54) is 50.9 Å². The lowest BCUT2D eigenvalue weighted by molar-refractivity contribution is -0.0300. The summed E-state index contributed by atoms with van der Waals surface area (Å²) in [5.41, 5.74) is -1.08. The van der Waals surface area contributed by atoms with Crippen LogP contribution in [0.3, 0.4) is 0 Å². The van der Waals surface area contributed by atoms with Gasteiger partial charge in [-0.2, -0.15) is 5.10 Å². The van der Waals surface area contributed by atoms with Gasteiger partial charge in [-0.25, -0.2) is 22.8 Å². The molecule has 8 nitrogen and oxygen atoms in total. The monoisotopic (exact) mass is 483 g/mol. The first-order valence-electron chi connectivity index (χ1n) is 10.9. The van der Waals surface area contributed by atoms with Crippen LogP contribution in [-0.4, -0.2) is 53.9 Å². The number of rotatable bonds is 4. The van der Waals surface area contributed by atoms with Crippen molar-refractivity contribution in [1.82, 2.24) is 24.2 Å². The van der Waals surface area contributed by atoms with Crippen molar-refractivity contribution in [2.24, 2.45) is 0 Å². The molecule has 1 aliphatic heterocycles. The average molecular weight is 483 g/mol. The molecule has 2 aromatic heterocycles. The van der Waals surface area contributed by atoms with Crippen molar-refractivity contribution in [2.45, 2.75) is 25.0 Å². The van der Waals surface area contributed by atoms with E-state index in [9.17, 15) is 27.9 Å². The molecule has 0 unspecified atom stereocenters. The average Bonchev–Trinajstić information content (AvgIpc) is 3.26. The first kappa shape index (κ1) is 22.8. The van der Waals surface area contributed by atoms with Crippen molar-refractivity contribution in [3.63, 3.8) is 0 Å². The van der Waals surface area contributed by atoms with Crippen molar-refractivity contribution in [2.75, 3.05) is 13.1 Å². The van der Waals surface area contributed by atoms with E-state index in [0.29, 0.717) is 17.4 Å². The zero-order chi connectivity index (χ0) is 24.7. The van der Waals surface area contributed by atoms with E-state index in [4.69, 9.17) is 0 Å². The number of hydrogen-bond acceptors (Lipinski definition) is 5. The van der Waals surface area contributed by atoms with Crippen molar-refractivity contribution < 1.29 is 23.1 Å². The van der Waals surface area contributed by atoms with Crippen LogP contribution in [0.25, 0.3) is 16.7 Å². The molecule has 4 aromatic rings. The highest BCUT2D eigenvalue weighted by atomic mass is 19.1. The van der Waals surface area contributed by atoms with Gasteiger partial charge in [-0.3, -0.25) is 14.2 Å². The van der Waals surface area contributed by atoms with Crippen LogP contribution >= 0.6 is 0 Å². The van der Waals surface area contributed by atoms with Crippen LogP contribution in [0.4, 0.5) is 13.2 Å². The molecule has 180 valence electrons. The second-order valence-corrected chi connectivity index (χ2v) is 8.59. The molecule has 0 spiro atoms. The quantitative estimate of drug-likeness (QED) is 0.482. The highest BCUT2D eigenvalue weighted by molar-refractivity contribution is 5.94. The molecule has 2 aromatic carbocycles. The van der Waals surface area contributed by atoms with Crippen LogP contribution in [0.5, 0.6) is 0 Å². The summed E-state index contributed by atoms with van der Waals surface area (Å²) >= 11 is 0. The Morgan fingerprint density at radius 2 is 1.71 bits per heavy atom. The Kier molecular flexibility index (Phi) is 5.64. The summed E-state index contributed by atoms with van der Waals surface area (Å²) in [6, 6.07) is 8.36. The van der Waals surface area contributed by atoms with Crippen LogP contribution < -0.4 is 5.56 Å². The lowest BCUT2D eigenvalue weighted by Gasteiger charge is -2.38. The highest BCUT2D eigenvalue weighted by Crippen LogP contribution is 2.26. The maximum atomic E-state index is 14.0. The lowest BCUT2D eigenvalue weighted by Crippen LogP contribution is -2.49. The Morgan fingerprint density at radius 1 is 1.03 bits per heavy atom. The van der Waals surface area contributed by atoms with E-state index in [-0.39, 0.29) is 43.4 Å². The molecule has 3 heterocycles. The smallest absolute Gasteiger partial charge is 0.264 e. The Labute approximate surface area is 196 Å². The van der Waals surface area contributed by atoms with Crippen LogP contribution in [0, 0.1) is 17.5 Å². The van der Waals surface area contributed by atoms with E-state index in [2.05, 4.69) is 10.1 Å². The van der Waals surface area contributed by atoms with E-state index in [1.54, 1.807) is 0 Å². The van der Waals surface area contributed by atoms with Crippen molar-refractivity contribution in [1.29, 1.82) is 0 Å². The topological polar surface area (TPSA) is 93.2 Å². The SMILES string of the molecule is O=C(c1ccc(F)cc1F)N1CCC(O)(Cn2cnc3c(cnn3-c3ccc(F)cc3)c2=O)CC1. The van der Waals surface area contributed by atoms with Gasteiger partial charge < -0.3 is 10.0 Å². The van der Waals surface area contributed by atoms with Gasteiger partial charge >= 0.3 is 0 Å². The zero-order valence-electron chi connectivity index (χ0n) is 18.4. The third-order valence-electron chi connectivity index (χ3n) is 6.23. The number of carbonyl (C=O) groups is 1. The molecular formula is C24H20F3N5O3. The Bertz CT molecular complexity index is 1470. The van der Waals surface area contributed by atoms with Crippen molar-refractivity contribution in [3.8, 4) is 5.69 Å². The summed E-state index contributed by atoms with van der Waals surface area (Å²) in [7, 11) is 0. The van der Waals surface area contributed by atoms with Crippen LogP contribution in [0.2, 0.25) is 0 Å².